The molecule has 0 aliphatic rings. The van der Waals surface area contributed by atoms with Crippen LogP contribution in [0.5, 0.6) is 5.75 Å². The Balaban J connectivity index is 2.20. The highest BCUT2D eigenvalue weighted by atomic mass is 16.5. The van der Waals surface area contributed by atoms with Crippen molar-refractivity contribution < 1.29 is 14.3 Å². The summed E-state index contributed by atoms with van der Waals surface area (Å²) in [5, 5.41) is 2.94. The van der Waals surface area contributed by atoms with Crippen molar-refractivity contribution in [1.29, 1.82) is 0 Å². The number of carbonyl (C=O) groups is 2. The molecule has 0 fully saturated rings. The Morgan fingerprint density at radius 2 is 1.72 bits per heavy atom. The number of hydrogen-bond donors (Lipinski definition) is 1. The van der Waals surface area contributed by atoms with Crippen LogP contribution in [0.1, 0.15) is 37.5 Å². The molecule has 0 aliphatic heterocycles. The minimum atomic E-state index is -0.562. The molecule has 0 saturated carbocycles. The maximum atomic E-state index is 13.2. The van der Waals surface area contributed by atoms with Crippen LogP contribution in [-0.2, 0) is 22.6 Å². The lowest BCUT2D eigenvalue weighted by atomic mass is 10.1. The fraction of sp³-hybridized carbons (Fsp3) is 0.417. The van der Waals surface area contributed by atoms with Gasteiger partial charge in [-0.25, -0.2) is 0 Å². The van der Waals surface area contributed by atoms with Gasteiger partial charge in [-0.15, -0.1) is 0 Å². The molecule has 0 unspecified atom stereocenters. The van der Waals surface area contributed by atoms with Crippen LogP contribution in [0.4, 0.5) is 0 Å². The zero-order chi connectivity index (χ0) is 21.4. The number of rotatable bonds is 9. The summed E-state index contributed by atoms with van der Waals surface area (Å²) >= 11 is 0. The van der Waals surface area contributed by atoms with E-state index in [-0.39, 0.29) is 18.2 Å². The minimum Gasteiger partial charge on any atom is -0.497 e. The number of methoxy groups -OCH3 is 1. The molecular formula is C24H32N2O3. The first-order chi connectivity index (χ1) is 13.8. The third kappa shape index (κ3) is 6.93. The number of nitrogens with one attached hydrogen (secondary N) is 1. The Hall–Kier alpha value is -2.82. The molecule has 1 N–H and O–H groups in total. The Morgan fingerprint density at radius 1 is 1.03 bits per heavy atom. The molecule has 2 rings (SSSR count). The molecule has 29 heavy (non-hydrogen) atoms. The van der Waals surface area contributed by atoms with Crippen LogP contribution in [0.25, 0.3) is 0 Å². The van der Waals surface area contributed by atoms with Gasteiger partial charge in [-0.1, -0.05) is 55.8 Å². The normalized spacial score (nSPS) is 11.8. The van der Waals surface area contributed by atoms with Gasteiger partial charge in [0.05, 0.1) is 13.5 Å². The average molecular weight is 397 g/mol. The number of hydrogen-bond acceptors (Lipinski definition) is 3. The molecule has 2 aromatic carbocycles. The number of aryl methyl sites for hydroxylation is 1. The van der Waals surface area contributed by atoms with Gasteiger partial charge in [0, 0.05) is 13.1 Å². The van der Waals surface area contributed by atoms with Crippen LogP contribution >= 0.6 is 0 Å². The second kappa shape index (κ2) is 10.6. The summed E-state index contributed by atoms with van der Waals surface area (Å²) in [6, 6.07) is 14.9. The largest absolute Gasteiger partial charge is 0.497 e. The van der Waals surface area contributed by atoms with E-state index in [1.54, 1.807) is 18.9 Å². The highest BCUT2D eigenvalue weighted by Crippen LogP contribution is 2.16. The van der Waals surface area contributed by atoms with Gasteiger partial charge in [0.25, 0.3) is 0 Å². The Morgan fingerprint density at radius 3 is 2.31 bits per heavy atom. The maximum absolute atomic E-state index is 13.2. The van der Waals surface area contributed by atoms with Crippen LogP contribution in [0, 0.1) is 12.8 Å². The minimum absolute atomic E-state index is 0.0707. The van der Waals surface area contributed by atoms with Gasteiger partial charge < -0.3 is 15.0 Å². The van der Waals surface area contributed by atoms with E-state index < -0.39 is 6.04 Å². The molecule has 0 aliphatic carbocycles. The van der Waals surface area contributed by atoms with Gasteiger partial charge in [0.2, 0.25) is 11.8 Å². The smallest absolute Gasteiger partial charge is 0.242 e. The highest BCUT2D eigenvalue weighted by Gasteiger charge is 2.26. The fourth-order valence-corrected chi connectivity index (χ4v) is 3.06. The summed E-state index contributed by atoms with van der Waals surface area (Å²) < 4.78 is 5.21. The van der Waals surface area contributed by atoms with Crippen molar-refractivity contribution in [1.82, 2.24) is 10.2 Å². The van der Waals surface area contributed by atoms with Gasteiger partial charge in [-0.05, 0) is 43.0 Å². The molecule has 156 valence electrons. The Bertz CT molecular complexity index is 815. The second-order valence-corrected chi connectivity index (χ2v) is 7.85. The van der Waals surface area contributed by atoms with Crippen LogP contribution in [0.3, 0.4) is 0 Å². The van der Waals surface area contributed by atoms with Crippen molar-refractivity contribution in [3.05, 3.63) is 65.2 Å². The van der Waals surface area contributed by atoms with E-state index in [0.29, 0.717) is 19.0 Å². The van der Waals surface area contributed by atoms with E-state index in [0.717, 1.165) is 22.4 Å². The van der Waals surface area contributed by atoms with Crippen LogP contribution in [0.15, 0.2) is 48.5 Å². The summed E-state index contributed by atoms with van der Waals surface area (Å²) in [5.41, 5.74) is 3.01. The monoisotopic (exact) mass is 396 g/mol. The van der Waals surface area contributed by atoms with Crippen LogP contribution in [0.2, 0.25) is 0 Å². The van der Waals surface area contributed by atoms with Crippen LogP contribution in [-0.4, -0.2) is 36.4 Å². The predicted octanol–water partition coefficient (Wildman–Crippen LogP) is 3.74. The summed E-state index contributed by atoms with van der Waals surface area (Å²) in [6.07, 6.45) is 0.264. The van der Waals surface area contributed by atoms with Crippen molar-refractivity contribution in [3.63, 3.8) is 0 Å². The number of ether oxygens (including phenoxy) is 1. The molecule has 0 spiro atoms. The Kier molecular flexibility index (Phi) is 8.25. The fourth-order valence-electron chi connectivity index (χ4n) is 3.06. The molecule has 2 aromatic rings. The SMILES string of the molecule is COc1ccc(CN(C(=O)Cc2cccc(C)c2)[C@H](C)C(=O)NCC(C)C)cc1. The zero-order valence-electron chi connectivity index (χ0n) is 18.1. The standard InChI is InChI=1S/C24H32N2O3/c1-17(2)15-25-24(28)19(4)26(16-20-9-11-22(29-5)12-10-20)23(27)14-21-8-6-7-18(3)13-21/h6-13,17,19H,14-16H2,1-5H3,(H,25,28)/t19-/m1/s1. The Labute approximate surface area is 174 Å². The van der Waals surface area contributed by atoms with Crippen molar-refractivity contribution in [2.75, 3.05) is 13.7 Å². The number of carbonyl (C=O) groups excluding carboxylic acids is 2. The summed E-state index contributed by atoms with van der Waals surface area (Å²) in [4.78, 5) is 27.5. The molecular weight excluding hydrogens is 364 g/mol. The summed E-state index contributed by atoms with van der Waals surface area (Å²) in [7, 11) is 1.62. The predicted molar refractivity (Wildman–Crippen MR) is 116 cm³/mol. The zero-order valence-corrected chi connectivity index (χ0v) is 18.1. The molecule has 2 amide bonds. The average Bonchev–Trinajstić information content (AvgIpc) is 2.70. The topological polar surface area (TPSA) is 58.6 Å². The van der Waals surface area contributed by atoms with Crippen molar-refractivity contribution in [2.24, 2.45) is 5.92 Å². The van der Waals surface area contributed by atoms with Crippen molar-refractivity contribution in [3.8, 4) is 5.75 Å². The van der Waals surface area contributed by atoms with Crippen molar-refractivity contribution >= 4 is 11.8 Å². The number of amides is 2. The molecule has 0 aromatic heterocycles. The summed E-state index contributed by atoms with van der Waals surface area (Å²) in [6.45, 7) is 8.83. The second-order valence-electron chi connectivity index (χ2n) is 7.85. The third-order valence-corrected chi connectivity index (χ3v) is 4.80. The first-order valence-electron chi connectivity index (χ1n) is 10.1. The van der Waals surface area contributed by atoms with E-state index in [2.05, 4.69) is 5.32 Å². The third-order valence-electron chi connectivity index (χ3n) is 4.80. The highest BCUT2D eigenvalue weighted by molar-refractivity contribution is 5.88. The van der Waals surface area contributed by atoms with E-state index in [1.165, 1.54) is 0 Å². The number of nitrogens with zero attached hydrogens (tertiary/aromatic N) is 1. The van der Waals surface area contributed by atoms with Crippen LogP contribution < -0.4 is 10.1 Å². The molecule has 0 bridgehead atoms. The van der Waals surface area contributed by atoms with Gasteiger partial charge in [-0.3, -0.25) is 9.59 Å². The van der Waals surface area contributed by atoms with Gasteiger partial charge in [-0.2, -0.15) is 0 Å². The first-order valence-corrected chi connectivity index (χ1v) is 10.1. The van der Waals surface area contributed by atoms with Crippen molar-refractivity contribution in [2.45, 2.75) is 46.7 Å². The van der Waals surface area contributed by atoms with Gasteiger partial charge >= 0.3 is 0 Å². The van der Waals surface area contributed by atoms with Gasteiger partial charge in [0.1, 0.15) is 11.8 Å². The molecule has 0 heterocycles. The summed E-state index contributed by atoms with van der Waals surface area (Å²) in [5.74, 6) is 0.904. The first kappa shape index (κ1) is 22.5. The molecule has 5 heteroatoms. The van der Waals surface area contributed by atoms with E-state index in [4.69, 9.17) is 4.74 Å². The number of benzene rings is 2. The lowest BCUT2D eigenvalue weighted by molar-refractivity contribution is -0.140. The molecule has 1 atom stereocenters. The molecule has 0 radical (unpaired) electrons. The van der Waals surface area contributed by atoms with Gasteiger partial charge in [0.15, 0.2) is 0 Å². The quantitative estimate of drug-likeness (QED) is 0.703. The van der Waals surface area contributed by atoms with E-state index >= 15 is 0 Å². The van der Waals surface area contributed by atoms with E-state index in [1.807, 2.05) is 69.3 Å². The lowest BCUT2D eigenvalue weighted by Crippen LogP contribution is -2.48. The molecule has 0 saturated heterocycles. The maximum Gasteiger partial charge on any atom is 0.242 e. The van der Waals surface area contributed by atoms with E-state index in [9.17, 15) is 9.59 Å². The lowest BCUT2D eigenvalue weighted by Gasteiger charge is -2.29. The molecule has 5 nitrogen and oxygen atoms in total.